The number of benzene rings is 2. The minimum atomic E-state index is 0.656. The maximum absolute atomic E-state index is 5.98. The lowest BCUT2D eigenvalue weighted by Crippen LogP contribution is -1.91. The number of rotatable bonds is 2. The van der Waals surface area contributed by atoms with Gasteiger partial charge in [0.1, 0.15) is 0 Å². The lowest BCUT2D eigenvalue weighted by molar-refractivity contribution is 1.18. The molecule has 0 fully saturated rings. The van der Waals surface area contributed by atoms with Gasteiger partial charge >= 0.3 is 0 Å². The third kappa shape index (κ3) is 2.63. The van der Waals surface area contributed by atoms with Gasteiger partial charge in [-0.05, 0) is 29.8 Å². The van der Waals surface area contributed by atoms with Crippen LogP contribution in [0.15, 0.2) is 60.9 Å². The van der Waals surface area contributed by atoms with E-state index in [9.17, 15) is 0 Å². The summed E-state index contributed by atoms with van der Waals surface area (Å²) in [5.41, 5.74) is 9.30. The highest BCUT2D eigenvalue weighted by Gasteiger charge is 2.03. The molecule has 0 spiro atoms. The van der Waals surface area contributed by atoms with Gasteiger partial charge in [-0.3, -0.25) is 0 Å². The number of hydrogen-bond donors (Lipinski definition) is 1. The summed E-state index contributed by atoms with van der Waals surface area (Å²) in [7, 11) is 0. The fraction of sp³-hybridized carbons (Fsp3) is 0. The number of aromatic nitrogens is 2. The van der Waals surface area contributed by atoms with Gasteiger partial charge in [0.05, 0.1) is 0 Å². The van der Waals surface area contributed by atoms with Crippen molar-refractivity contribution in [1.29, 1.82) is 0 Å². The maximum Gasteiger partial charge on any atom is 0.159 e. The van der Waals surface area contributed by atoms with Crippen LogP contribution in [0.2, 0.25) is 5.02 Å². The minimum Gasteiger partial charge on any atom is -0.399 e. The first-order valence-corrected chi connectivity index (χ1v) is 6.54. The summed E-state index contributed by atoms with van der Waals surface area (Å²) in [6, 6.07) is 15.1. The molecule has 3 rings (SSSR count). The van der Waals surface area contributed by atoms with Crippen molar-refractivity contribution in [2.24, 2.45) is 0 Å². The van der Waals surface area contributed by atoms with Gasteiger partial charge in [0.2, 0.25) is 0 Å². The van der Waals surface area contributed by atoms with Crippen LogP contribution in [0.25, 0.3) is 22.5 Å². The van der Waals surface area contributed by atoms with Gasteiger partial charge in [0.25, 0.3) is 0 Å². The van der Waals surface area contributed by atoms with Crippen molar-refractivity contribution >= 4 is 17.3 Å². The molecule has 20 heavy (non-hydrogen) atoms. The molecule has 0 aliphatic heterocycles. The highest BCUT2D eigenvalue weighted by molar-refractivity contribution is 6.30. The summed E-state index contributed by atoms with van der Waals surface area (Å²) in [5, 5.41) is 0.697. The Morgan fingerprint density at radius 1 is 0.800 bits per heavy atom. The van der Waals surface area contributed by atoms with Crippen LogP contribution < -0.4 is 5.73 Å². The molecule has 2 aromatic carbocycles. The second kappa shape index (κ2) is 5.31. The van der Waals surface area contributed by atoms with E-state index in [1.165, 1.54) is 0 Å². The number of nitrogens with zero attached hydrogens (tertiary/aromatic N) is 2. The highest BCUT2D eigenvalue weighted by Crippen LogP contribution is 2.23. The van der Waals surface area contributed by atoms with Crippen LogP contribution in [0.1, 0.15) is 0 Å². The van der Waals surface area contributed by atoms with Crippen LogP contribution in [-0.4, -0.2) is 9.97 Å². The van der Waals surface area contributed by atoms with Gasteiger partial charge in [-0.25, -0.2) is 9.97 Å². The van der Waals surface area contributed by atoms with Crippen LogP contribution in [-0.2, 0) is 0 Å². The largest absolute Gasteiger partial charge is 0.399 e. The van der Waals surface area contributed by atoms with Crippen LogP contribution in [0, 0.1) is 0 Å². The molecule has 0 aliphatic carbocycles. The first-order chi connectivity index (χ1) is 9.72. The summed E-state index contributed by atoms with van der Waals surface area (Å²) in [4.78, 5) is 8.77. The molecule has 0 radical (unpaired) electrons. The van der Waals surface area contributed by atoms with Crippen molar-refractivity contribution in [3.63, 3.8) is 0 Å². The van der Waals surface area contributed by atoms with E-state index in [4.69, 9.17) is 17.3 Å². The van der Waals surface area contributed by atoms with Crippen molar-refractivity contribution < 1.29 is 0 Å². The summed E-state index contributed by atoms with van der Waals surface area (Å²) in [6.45, 7) is 0. The van der Waals surface area contributed by atoms with Gasteiger partial charge in [-0.15, -0.1) is 0 Å². The van der Waals surface area contributed by atoms with Crippen molar-refractivity contribution in [3.8, 4) is 22.5 Å². The molecule has 98 valence electrons. The fourth-order valence-electron chi connectivity index (χ4n) is 1.97. The zero-order chi connectivity index (χ0) is 13.9. The Bertz CT molecular complexity index is 674. The van der Waals surface area contributed by atoms with Gasteiger partial charge in [0, 0.05) is 34.2 Å². The quantitative estimate of drug-likeness (QED) is 0.721. The van der Waals surface area contributed by atoms with Gasteiger partial charge < -0.3 is 5.73 Å². The third-order valence-corrected chi connectivity index (χ3v) is 3.19. The topological polar surface area (TPSA) is 51.8 Å². The first-order valence-electron chi connectivity index (χ1n) is 6.16. The van der Waals surface area contributed by atoms with E-state index < -0.39 is 0 Å². The predicted molar refractivity (Wildman–Crippen MR) is 82.3 cm³/mol. The minimum absolute atomic E-state index is 0.656. The second-order valence-electron chi connectivity index (χ2n) is 4.43. The number of hydrogen-bond acceptors (Lipinski definition) is 3. The van der Waals surface area contributed by atoms with Crippen molar-refractivity contribution in [2.45, 2.75) is 0 Å². The zero-order valence-electron chi connectivity index (χ0n) is 10.6. The molecule has 0 atom stereocenters. The van der Waals surface area contributed by atoms with Crippen LogP contribution in [0.3, 0.4) is 0 Å². The van der Waals surface area contributed by atoms with E-state index in [1.54, 1.807) is 12.4 Å². The lowest BCUT2D eigenvalue weighted by Gasteiger charge is -2.04. The summed E-state index contributed by atoms with van der Waals surface area (Å²) in [5.74, 6) is 0.656. The van der Waals surface area contributed by atoms with E-state index in [1.807, 2.05) is 48.5 Å². The monoisotopic (exact) mass is 281 g/mol. The molecule has 0 saturated heterocycles. The average molecular weight is 282 g/mol. The number of nitrogen functional groups attached to an aromatic ring is 1. The van der Waals surface area contributed by atoms with E-state index in [-0.39, 0.29) is 0 Å². The third-order valence-electron chi connectivity index (χ3n) is 2.95. The molecule has 0 unspecified atom stereocenters. The van der Waals surface area contributed by atoms with Crippen molar-refractivity contribution in [3.05, 3.63) is 65.9 Å². The number of anilines is 1. The molecule has 4 heteroatoms. The fourth-order valence-corrected chi connectivity index (χ4v) is 2.16. The highest BCUT2D eigenvalue weighted by atomic mass is 35.5. The second-order valence-corrected chi connectivity index (χ2v) is 4.87. The first kappa shape index (κ1) is 12.6. The molecule has 0 saturated carbocycles. The van der Waals surface area contributed by atoms with Crippen molar-refractivity contribution in [2.75, 3.05) is 5.73 Å². The van der Waals surface area contributed by atoms with E-state index >= 15 is 0 Å². The molecule has 2 N–H and O–H groups in total. The predicted octanol–water partition coefficient (Wildman–Crippen LogP) is 4.05. The number of nitrogens with two attached hydrogens (primary N) is 1. The summed E-state index contributed by atoms with van der Waals surface area (Å²) >= 11 is 5.98. The Morgan fingerprint density at radius 3 is 2.20 bits per heavy atom. The van der Waals surface area contributed by atoms with Gasteiger partial charge in [-0.1, -0.05) is 35.9 Å². The lowest BCUT2D eigenvalue weighted by atomic mass is 10.1. The summed E-state index contributed by atoms with van der Waals surface area (Å²) < 4.78 is 0. The summed E-state index contributed by atoms with van der Waals surface area (Å²) in [6.07, 6.45) is 3.58. The Balaban J connectivity index is 1.96. The molecule has 1 heterocycles. The van der Waals surface area contributed by atoms with E-state index in [0.717, 1.165) is 16.7 Å². The molecule has 1 aromatic heterocycles. The Labute approximate surface area is 122 Å². The molecule has 0 aliphatic rings. The SMILES string of the molecule is Nc1cccc(-c2ncc(-c3cccc(Cl)c3)cn2)c1. The van der Waals surface area contributed by atoms with Gasteiger partial charge in [0.15, 0.2) is 5.82 Å². The molecule has 0 amide bonds. The average Bonchev–Trinajstić information content (AvgIpc) is 2.47. The van der Waals surface area contributed by atoms with Crippen molar-refractivity contribution in [1.82, 2.24) is 9.97 Å². The molecular formula is C16H12ClN3. The molecule has 3 aromatic rings. The van der Waals surface area contributed by atoms with E-state index in [0.29, 0.717) is 16.5 Å². The van der Waals surface area contributed by atoms with Crippen LogP contribution in [0.5, 0.6) is 0 Å². The smallest absolute Gasteiger partial charge is 0.159 e. The van der Waals surface area contributed by atoms with E-state index in [2.05, 4.69) is 9.97 Å². The molecule has 0 bridgehead atoms. The van der Waals surface area contributed by atoms with Crippen LogP contribution >= 0.6 is 11.6 Å². The Kier molecular flexibility index (Phi) is 3.35. The van der Waals surface area contributed by atoms with Crippen LogP contribution in [0.4, 0.5) is 5.69 Å². The zero-order valence-corrected chi connectivity index (χ0v) is 11.4. The molecular weight excluding hydrogens is 270 g/mol. The van der Waals surface area contributed by atoms with Gasteiger partial charge in [-0.2, -0.15) is 0 Å². The Morgan fingerprint density at radius 2 is 1.50 bits per heavy atom. The maximum atomic E-state index is 5.98. The standard InChI is InChI=1S/C16H12ClN3/c17-14-5-1-3-11(7-14)13-9-19-16(20-10-13)12-4-2-6-15(18)8-12/h1-10H,18H2. The molecule has 3 nitrogen and oxygen atoms in total. The number of halogens is 1. The normalized spacial score (nSPS) is 10.4. The Hall–Kier alpha value is -2.39.